The van der Waals surface area contributed by atoms with Gasteiger partial charge in [0.25, 0.3) is 5.92 Å². The van der Waals surface area contributed by atoms with Gasteiger partial charge in [0.2, 0.25) is 5.91 Å². The number of likely N-dealkylation sites (tertiary alicyclic amines) is 2. The maximum atomic E-state index is 14.4. The number of carbonyl (C=O) groups is 1. The second-order valence-corrected chi connectivity index (χ2v) is 6.85. The summed E-state index contributed by atoms with van der Waals surface area (Å²) < 4.78 is 33.7. The van der Waals surface area contributed by atoms with Crippen LogP contribution in [0, 0.1) is 5.41 Å². The van der Waals surface area contributed by atoms with Crippen LogP contribution in [0.1, 0.15) is 18.4 Å². The molecule has 1 unspecified atom stereocenters. The van der Waals surface area contributed by atoms with E-state index < -0.39 is 11.3 Å². The van der Waals surface area contributed by atoms with Gasteiger partial charge in [0.15, 0.2) is 0 Å². The fourth-order valence-corrected chi connectivity index (χ4v) is 3.90. The molecule has 132 valence electrons. The van der Waals surface area contributed by atoms with Crippen molar-refractivity contribution >= 4 is 5.91 Å². The van der Waals surface area contributed by atoms with Gasteiger partial charge in [-0.3, -0.25) is 14.7 Å². The summed E-state index contributed by atoms with van der Waals surface area (Å²) in [4.78, 5) is 20.2. The Morgan fingerprint density at radius 1 is 1.38 bits per heavy atom. The van der Waals surface area contributed by atoms with Crippen LogP contribution in [0.5, 0.6) is 0 Å². The van der Waals surface area contributed by atoms with Gasteiger partial charge in [-0.15, -0.1) is 0 Å². The maximum Gasteiger partial charge on any atom is 0.261 e. The third-order valence-corrected chi connectivity index (χ3v) is 4.87. The van der Waals surface area contributed by atoms with E-state index in [4.69, 9.17) is 4.74 Å². The van der Waals surface area contributed by atoms with Crippen molar-refractivity contribution in [1.82, 2.24) is 14.8 Å². The Bertz CT molecular complexity index is 584. The molecule has 2 aliphatic rings. The molecule has 0 saturated carbocycles. The van der Waals surface area contributed by atoms with Crippen molar-refractivity contribution in [3.8, 4) is 0 Å². The summed E-state index contributed by atoms with van der Waals surface area (Å²) in [6.07, 6.45) is 3.46. The maximum absolute atomic E-state index is 14.4. The summed E-state index contributed by atoms with van der Waals surface area (Å²) in [6, 6.07) is 3.66. The summed E-state index contributed by atoms with van der Waals surface area (Å²) in [6.45, 7) is 1.87. The minimum absolute atomic E-state index is 0.157. The van der Waals surface area contributed by atoms with Gasteiger partial charge >= 0.3 is 0 Å². The van der Waals surface area contributed by atoms with Crippen molar-refractivity contribution < 1.29 is 18.3 Å². The van der Waals surface area contributed by atoms with Crippen molar-refractivity contribution in [2.75, 3.05) is 39.9 Å². The van der Waals surface area contributed by atoms with Gasteiger partial charge in [-0.25, -0.2) is 8.78 Å². The van der Waals surface area contributed by atoms with E-state index in [0.717, 1.165) is 5.56 Å². The van der Waals surface area contributed by atoms with Crippen molar-refractivity contribution in [2.24, 2.45) is 5.41 Å². The number of amides is 1. The Morgan fingerprint density at radius 3 is 2.92 bits per heavy atom. The molecule has 0 radical (unpaired) electrons. The summed E-state index contributed by atoms with van der Waals surface area (Å²) in [5.74, 6) is -3.01. The van der Waals surface area contributed by atoms with Gasteiger partial charge < -0.3 is 9.64 Å². The molecule has 0 aliphatic carbocycles. The molecule has 2 saturated heterocycles. The predicted octanol–water partition coefficient (Wildman–Crippen LogP) is 1.79. The van der Waals surface area contributed by atoms with E-state index in [0.29, 0.717) is 39.2 Å². The quantitative estimate of drug-likeness (QED) is 0.820. The van der Waals surface area contributed by atoms with Crippen LogP contribution in [0.25, 0.3) is 0 Å². The minimum atomic E-state index is -2.85. The van der Waals surface area contributed by atoms with Crippen LogP contribution in [0.3, 0.4) is 0 Å². The molecule has 1 amide bonds. The molecule has 3 heterocycles. The Morgan fingerprint density at radius 2 is 2.21 bits per heavy atom. The lowest BCUT2D eigenvalue weighted by molar-refractivity contribution is -0.155. The van der Waals surface area contributed by atoms with Crippen LogP contribution >= 0.6 is 0 Å². The van der Waals surface area contributed by atoms with E-state index in [1.165, 1.54) is 0 Å². The monoisotopic (exact) mass is 339 g/mol. The normalized spacial score (nSPS) is 27.1. The zero-order valence-corrected chi connectivity index (χ0v) is 13.9. The molecule has 0 N–H and O–H groups in total. The zero-order valence-electron chi connectivity index (χ0n) is 13.9. The van der Waals surface area contributed by atoms with E-state index in [1.807, 2.05) is 6.07 Å². The van der Waals surface area contributed by atoms with Crippen LogP contribution in [-0.2, 0) is 16.1 Å². The first-order valence-corrected chi connectivity index (χ1v) is 8.22. The van der Waals surface area contributed by atoms with Gasteiger partial charge in [0, 0.05) is 52.1 Å². The standard InChI is InChI=1S/C17H23F2N3O2/c1-24-8-7-22-6-4-16(15(22)23)11-17(18,19)13-21(12-16)10-14-3-2-5-20-9-14/h2-3,5,9H,4,6-8,10-13H2,1H3. The number of carbonyl (C=O) groups excluding carboxylic acids is 1. The number of hydrogen-bond donors (Lipinski definition) is 0. The number of aromatic nitrogens is 1. The summed E-state index contributed by atoms with van der Waals surface area (Å²) in [5, 5.41) is 0. The molecule has 0 bridgehead atoms. The van der Waals surface area contributed by atoms with Gasteiger partial charge in [-0.2, -0.15) is 0 Å². The number of rotatable bonds is 5. The number of pyridine rings is 1. The van der Waals surface area contributed by atoms with Crippen molar-refractivity contribution in [1.29, 1.82) is 0 Å². The number of ether oxygens (including phenoxy) is 1. The highest BCUT2D eigenvalue weighted by molar-refractivity contribution is 5.85. The Balaban J connectivity index is 1.75. The smallest absolute Gasteiger partial charge is 0.261 e. The van der Waals surface area contributed by atoms with E-state index in [2.05, 4.69) is 4.98 Å². The number of hydrogen-bond acceptors (Lipinski definition) is 4. The highest BCUT2D eigenvalue weighted by Gasteiger charge is 2.56. The van der Waals surface area contributed by atoms with E-state index >= 15 is 0 Å². The Labute approximate surface area is 140 Å². The third-order valence-electron chi connectivity index (χ3n) is 4.87. The fraction of sp³-hybridized carbons (Fsp3) is 0.647. The van der Waals surface area contributed by atoms with Crippen LogP contribution in [-0.4, -0.2) is 66.5 Å². The first kappa shape index (κ1) is 17.2. The largest absolute Gasteiger partial charge is 0.383 e. The molecule has 2 fully saturated rings. The minimum Gasteiger partial charge on any atom is -0.383 e. The molecular formula is C17H23F2N3O2. The van der Waals surface area contributed by atoms with Gasteiger partial charge in [0.1, 0.15) is 0 Å². The van der Waals surface area contributed by atoms with Crippen LogP contribution in [0.2, 0.25) is 0 Å². The van der Waals surface area contributed by atoms with E-state index in [9.17, 15) is 13.6 Å². The first-order chi connectivity index (χ1) is 11.4. The third kappa shape index (κ3) is 3.57. The highest BCUT2D eigenvalue weighted by atomic mass is 19.3. The van der Waals surface area contributed by atoms with Crippen molar-refractivity contribution in [3.63, 3.8) is 0 Å². The number of piperidine rings is 1. The number of nitrogens with zero attached hydrogens (tertiary/aromatic N) is 3. The van der Waals surface area contributed by atoms with Crippen LogP contribution in [0.4, 0.5) is 8.78 Å². The Kier molecular flexibility index (Phi) is 4.83. The lowest BCUT2D eigenvalue weighted by Gasteiger charge is -2.42. The second-order valence-electron chi connectivity index (χ2n) is 6.85. The predicted molar refractivity (Wildman–Crippen MR) is 84.6 cm³/mol. The molecule has 3 rings (SSSR count). The molecule has 5 nitrogen and oxygen atoms in total. The summed E-state index contributed by atoms with van der Waals surface area (Å²) in [7, 11) is 1.57. The molecule has 0 aromatic carbocycles. The van der Waals surface area contributed by atoms with E-state index in [1.54, 1.807) is 35.4 Å². The summed E-state index contributed by atoms with van der Waals surface area (Å²) >= 11 is 0. The van der Waals surface area contributed by atoms with Crippen molar-refractivity contribution in [2.45, 2.75) is 25.3 Å². The molecule has 1 atom stereocenters. The number of alkyl halides is 2. The van der Waals surface area contributed by atoms with Gasteiger partial charge in [0.05, 0.1) is 18.6 Å². The number of halogens is 2. The molecule has 7 heteroatoms. The van der Waals surface area contributed by atoms with E-state index in [-0.39, 0.29) is 18.9 Å². The zero-order chi connectivity index (χ0) is 17.2. The SMILES string of the molecule is COCCN1CCC2(CN(Cc3cccnc3)CC(F)(F)C2)C1=O. The average Bonchev–Trinajstić information content (AvgIpc) is 2.80. The van der Waals surface area contributed by atoms with Crippen LogP contribution < -0.4 is 0 Å². The van der Waals surface area contributed by atoms with Crippen molar-refractivity contribution in [3.05, 3.63) is 30.1 Å². The fourth-order valence-electron chi connectivity index (χ4n) is 3.90. The molecule has 1 aromatic heterocycles. The average molecular weight is 339 g/mol. The molecular weight excluding hydrogens is 316 g/mol. The lowest BCUT2D eigenvalue weighted by atomic mass is 9.77. The molecule has 24 heavy (non-hydrogen) atoms. The highest BCUT2D eigenvalue weighted by Crippen LogP contribution is 2.45. The first-order valence-electron chi connectivity index (χ1n) is 8.22. The topological polar surface area (TPSA) is 45.7 Å². The second kappa shape index (κ2) is 6.72. The van der Waals surface area contributed by atoms with Gasteiger partial charge in [-0.1, -0.05) is 6.07 Å². The number of methoxy groups -OCH3 is 1. The molecule has 1 spiro atoms. The Hall–Kier alpha value is -1.60. The summed E-state index contributed by atoms with van der Waals surface area (Å²) in [5.41, 5.74) is -0.0930. The molecule has 1 aromatic rings. The van der Waals surface area contributed by atoms with Gasteiger partial charge in [-0.05, 0) is 18.1 Å². The lowest BCUT2D eigenvalue weighted by Crippen LogP contribution is -2.55. The molecule has 2 aliphatic heterocycles. The van der Waals surface area contributed by atoms with Crippen LogP contribution in [0.15, 0.2) is 24.5 Å².